The Labute approximate surface area is 86.0 Å². The number of hydrogen-bond donors (Lipinski definition) is 1. The van der Waals surface area contributed by atoms with Gasteiger partial charge in [0.05, 0.1) is 6.10 Å². The lowest BCUT2D eigenvalue weighted by Crippen LogP contribution is -2.38. The molecule has 1 aliphatic carbocycles. The molecule has 1 rings (SSSR count). The summed E-state index contributed by atoms with van der Waals surface area (Å²) in [6, 6.07) is 0. The summed E-state index contributed by atoms with van der Waals surface area (Å²) in [7, 11) is 0. The van der Waals surface area contributed by atoms with Gasteiger partial charge in [0, 0.05) is 14.5 Å². The Kier molecular flexibility index (Phi) is 3.68. The highest BCUT2D eigenvalue weighted by Gasteiger charge is 2.32. The second-order valence-corrected chi connectivity index (χ2v) is 6.24. The molecule has 0 amide bonds. The van der Waals surface area contributed by atoms with E-state index < -0.39 is 0 Å². The number of hydrogen-bond acceptors (Lipinski definition) is 1. The van der Waals surface area contributed by atoms with E-state index in [2.05, 4.69) is 47.8 Å². The molecule has 2 atom stereocenters. The number of aliphatic hydroxyl groups is 1. The van der Waals surface area contributed by atoms with E-state index in [1.54, 1.807) is 0 Å². The Morgan fingerprint density at radius 3 is 1.80 bits per heavy atom. The molecule has 0 aromatic heterocycles. The lowest BCUT2D eigenvalue weighted by molar-refractivity contribution is 0.150. The number of halogens is 3. The predicted octanol–water partition coefficient (Wildman–Crippen LogP) is 2.43. The Morgan fingerprint density at radius 2 is 1.40 bits per heavy atom. The highest BCUT2D eigenvalue weighted by atomic mass is 79.9. The van der Waals surface area contributed by atoms with Gasteiger partial charge in [0.15, 0.2) is 0 Å². The molecule has 0 aliphatic heterocycles. The molecule has 0 aromatic rings. The van der Waals surface area contributed by atoms with Gasteiger partial charge < -0.3 is 5.11 Å². The van der Waals surface area contributed by atoms with Crippen LogP contribution in [0.2, 0.25) is 0 Å². The van der Waals surface area contributed by atoms with Crippen molar-refractivity contribution in [2.75, 3.05) is 0 Å². The molecule has 2 unspecified atom stereocenters. The number of rotatable bonds is 0. The summed E-state index contributed by atoms with van der Waals surface area (Å²) < 4.78 is 0. The van der Waals surface area contributed by atoms with Crippen molar-refractivity contribution >= 4 is 47.8 Å². The van der Waals surface area contributed by atoms with Crippen LogP contribution in [0, 0.1) is 0 Å². The monoisotopic (exact) mass is 334 g/mol. The van der Waals surface area contributed by atoms with E-state index in [9.17, 15) is 5.11 Å². The third-order valence-corrected chi connectivity index (χ3v) is 4.28. The molecule has 0 spiro atoms. The SMILES string of the molecule is OC1C(Br)CC(Br)CC1Br. The fraction of sp³-hybridized carbons (Fsp3) is 1.00. The number of alkyl halides is 3. The maximum absolute atomic E-state index is 9.45. The highest BCUT2D eigenvalue weighted by molar-refractivity contribution is 9.10. The minimum Gasteiger partial charge on any atom is -0.391 e. The van der Waals surface area contributed by atoms with Crippen molar-refractivity contribution < 1.29 is 5.11 Å². The zero-order valence-corrected chi connectivity index (χ0v) is 10.1. The molecule has 0 aromatic carbocycles. The summed E-state index contributed by atoms with van der Waals surface area (Å²) in [6.07, 6.45) is 1.76. The van der Waals surface area contributed by atoms with Crippen molar-refractivity contribution in [1.29, 1.82) is 0 Å². The van der Waals surface area contributed by atoms with Crippen LogP contribution >= 0.6 is 47.8 Å². The molecule has 60 valence electrons. The molecule has 10 heavy (non-hydrogen) atoms. The fourth-order valence-electron chi connectivity index (χ4n) is 1.09. The molecular weight excluding hydrogens is 328 g/mol. The van der Waals surface area contributed by atoms with Crippen molar-refractivity contribution in [1.82, 2.24) is 0 Å². The molecule has 1 saturated carbocycles. The number of aliphatic hydroxyl groups excluding tert-OH is 1. The van der Waals surface area contributed by atoms with Gasteiger partial charge in [-0.15, -0.1) is 0 Å². The van der Waals surface area contributed by atoms with E-state index in [-0.39, 0.29) is 15.8 Å². The normalized spacial score (nSPS) is 49.2. The van der Waals surface area contributed by atoms with Gasteiger partial charge in [-0.2, -0.15) is 0 Å². The maximum atomic E-state index is 9.45. The van der Waals surface area contributed by atoms with Gasteiger partial charge in [0.2, 0.25) is 0 Å². The molecule has 0 saturated heterocycles. The smallest absolute Gasteiger partial charge is 0.0790 e. The fourth-order valence-corrected chi connectivity index (χ4v) is 4.95. The summed E-state index contributed by atoms with van der Waals surface area (Å²) in [5, 5.41) is 9.45. The summed E-state index contributed by atoms with van der Waals surface area (Å²) >= 11 is 10.4. The van der Waals surface area contributed by atoms with Gasteiger partial charge in [-0.1, -0.05) is 47.8 Å². The van der Waals surface area contributed by atoms with Crippen LogP contribution in [-0.4, -0.2) is 25.7 Å². The Hall–Kier alpha value is 1.40. The molecular formula is C6H9Br3O. The van der Waals surface area contributed by atoms with E-state index >= 15 is 0 Å². The van der Waals surface area contributed by atoms with Crippen molar-refractivity contribution in [3.8, 4) is 0 Å². The first-order valence-electron chi connectivity index (χ1n) is 3.21. The first-order valence-corrected chi connectivity index (χ1v) is 5.96. The van der Waals surface area contributed by atoms with Crippen LogP contribution in [-0.2, 0) is 0 Å². The van der Waals surface area contributed by atoms with Crippen molar-refractivity contribution in [2.24, 2.45) is 0 Å². The first-order chi connectivity index (χ1) is 4.61. The van der Waals surface area contributed by atoms with Gasteiger partial charge in [0.1, 0.15) is 0 Å². The zero-order chi connectivity index (χ0) is 7.72. The average Bonchev–Trinajstić information content (AvgIpc) is 1.82. The Morgan fingerprint density at radius 1 is 1.00 bits per heavy atom. The minimum atomic E-state index is -0.242. The molecule has 1 aliphatic rings. The molecule has 0 heterocycles. The van der Waals surface area contributed by atoms with E-state index in [0.29, 0.717) is 4.83 Å². The molecule has 1 N–H and O–H groups in total. The molecule has 0 bridgehead atoms. The van der Waals surface area contributed by atoms with Crippen LogP contribution in [0.5, 0.6) is 0 Å². The van der Waals surface area contributed by atoms with Crippen molar-refractivity contribution in [3.63, 3.8) is 0 Å². The zero-order valence-electron chi connectivity index (χ0n) is 5.30. The van der Waals surface area contributed by atoms with Crippen LogP contribution in [0.1, 0.15) is 12.8 Å². The van der Waals surface area contributed by atoms with Crippen LogP contribution in [0.3, 0.4) is 0 Å². The van der Waals surface area contributed by atoms with Crippen molar-refractivity contribution in [2.45, 2.75) is 33.4 Å². The second kappa shape index (κ2) is 3.87. The second-order valence-electron chi connectivity index (χ2n) is 2.59. The van der Waals surface area contributed by atoms with Gasteiger partial charge in [-0.05, 0) is 12.8 Å². The quantitative estimate of drug-likeness (QED) is 0.674. The third kappa shape index (κ3) is 2.19. The Bertz CT molecular complexity index is 108. The minimum absolute atomic E-state index is 0.231. The summed E-state index contributed by atoms with van der Waals surface area (Å²) in [5.74, 6) is 0. The van der Waals surface area contributed by atoms with Gasteiger partial charge in [-0.25, -0.2) is 0 Å². The van der Waals surface area contributed by atoms with Crippen molar-refractivity contribution in [3.05, 3.63) is 0 Å². The standard InChI is InChI=1S/C6H9Br3O/c7-3-1-4(8)6(10)5(9)2-3/h3-6,10H,1-2H2. The van der Waals surface area contributed by atoms with Gasteiger partial charge in [-0.3, -0.25) is 0 Å². The predicted molar refractivity (Wildman–Crippen MR) is 53.4 cm³/mol. The highest BCUT2D eigenvalue weighted by Crippen LogP contribution is 2.33. The van der Waals surface area contributed by atoms with Gasteiger partial charge >= 0.3 is 0 Å². The average molecular weight is 337 g/mol. The lowest BCUT2D eigenvalue weighted by atomic mass is 9.97. The molecule has 0 radical (unpaired) electrons. The topological polar surface area (TPSA) is 20.2 Å². The summed E-state index contributed by atoms with van der Waals surface area (Å²) in [5.41, 5.74) is 0. The molecule has 1 fully saturated rings. The van der Waals surface area contributed by atoms with Crippen LogP contribution < -0.4 is 0 Å². The first kappa shape index (κ1) is 9.49. The van der Waals surface area contributed by atoms with E-state index in [4.69, 9.17) is 0 Å². The largest absolute Gasteiger partial charge is 0.391 e. The van der Waals surface area contributed by atoms with Crippen LogP contribution in [0.25, 0.3) is 0 Å². The molecule has 4 heteroatoms. The summed E-state index contributed by atoms with van der Waals surface area (Å²) in [4.78, 5) is 0.995. The van der Waals surface area contributed by atoms with Crippen LogP contribution in [0.4, 0.5) is 0 Å². The van der Waals surface area contributed by atoms with Gasteiger partial charge in [0.25, 0.3) is 0 Å². The summed E-state index contributed by atoms with van der Waals surface area (Å²) in [6.45, 7) is 0. The van der Waals surface area contributed by atoms with E-state index in [0.717, 1.165) is 12.8 Å². The van der Waals surface area contributed by atoms with Crippen LogP contribution in [0.15, 0.2) is 0 Å². The van der Waals surface area contributed by atoms with E-state index in [1.165, 1.54) is 0 Å². The molecule has 1 nitrogen and oxygen atoms in total. The maximum Gasteiger partial charge on any atom is 0.0790 e. The van der Waals surface area contributed by atoms with E-state index in [1.807, 2.05) is 0 Å². The third-order valence-electron chi connectivity index (χ3n) is 1.70. The lowest BCUT2D eigenvalue weighted by Gasteiger charge is -2.30. The Balaban J connectivity index is 2.49.